The Hall–Kier alpha value is -3.69. The maximum absolute atomic E-state index is 12.8. The molecule has 10 nitrogen and oxygen atoms in total. The number of anilines is 2. The van der Waals surface area contributed by atoms with Crippen molar-refractivity contribution in [2.45, 2.75) is 0 Å². The predicted octanol–water partition coefficient (Wildman–Crippen LogP) is 1.06. The van der Waals surface area contributed by atoms with Crippen LogP contribution in [0.1, 0.15) is 0 Å². The number of fused-ring (bicyclic) bond motifs is 1. The summed E-state index contributed by atoms with van der Waals surface area (Å²) in [5.41, 5.74) is 0.325. The first-order chi connectivity index (χ1) is 14.0. The molecule has 3 heterocycles. The first kappa shape index (κ1) is 18.7. The van der Waals surface area contributed by atoms with Gasteiger partial charge in [-0.3, -0.25) is 14.9 Å². The number of piperazine rings is 1. The van der Waals surface area contributed by atoms with Crippen LogP contribution in [0.15, 0.2) is 42.6 Å². The van der Waals surface area contributed by atoms with Crippen LogP contribution in [0.5, 0.6) is 5.75 Å². The van der Waals surface area contributed by atoms with E-state index in [9.17, 15) is 19.7 Å². The van der Waals surface area contributed by atoms with Crippen LogP contribution < -0.4 is 14.5 Å². The van der Waals surface area contributed by atoms with Crippen LogP contribution in [-0.2, 0) is 9.59 Å². The monoisotopic (exact) mass is 397 g/mol. The SMILES string of the molecule is O=C1CN(CC(=O)N2CCN(c3ccccn3)CC2)c2ccc([N+](=O)[O-])cc2O1. The van der Waals surface area contributed by atoms with E-state index in [0.29, 0.717) is 31.9 Å². The summed E-state index contributed by atoms with van der Waals surface area (Å²) < 4.78 is 5.12. The molecule has 1 aromatic heterocycles. The number of nitro groups is 1. The van der Waals surface area contributed by atoms with Gasteiger partial charge >= 0.3 is 5.97 Å². The number of rotatable bonds is 4. The lowest BCUT2D eigenvalue weighted by molar-refractivity contribution is -0.384. The lowest BCUT2D eigenvalue weighted by atomic mass is 10.2. The summed E-state index contributed by atoms with van der Waals surface area (Å²) in [5, 5.41) is 10.9. The summed E-state index contributed by atoms with van der Waals surface area (Å²) >= 11 is 0. The van der Waals surface area contributed by atoms with E-state index in [2.05, 4.69) is 9.88 Å². The van der Waals surface area contributed by atoms with Gasteiger partial charge in [0.25, 0.3) is 5.69 Å². The Morgan fingerprint density at radius 3 is 2.66 bits per heavy atom. The predicted molar refractivity (Wildman–Crippen MR) is 104 cm³/mol. The fourth-order valence-electron chi connectivity index (χ4n) is 3.49. The number of esters is 1. The van der Waals surface area contributed by atoms with Crippen molar-refractivity contribution in [3.63, 3.8) is 0 Å². The van der Waals surface area contributed by atoms with Crippen LogP contribution in [0.25, 0.3) is 0 Å². The fraction of sp³-hybridized carbons (Fsp3) is 0.316. The Morgan fingerprint density at radius 1 is 1.17 bits per heavy atom. The van der Waals surface area contributed by atoms with E-state index in [1.165, 1.54) is 18.2 Å². The standard InChI is InChI=1S/C19H19N5O5/c25-18(22-9-7-21(8-10-22)17-3-1-2-6-20-17)12-23-13-19(26)29-16-11-14(24(27)28)4-5-15(16)23/h1-6,11H,7-10,12-13H2. The number of pyridine rings is 1. The number of carbonyl (C=O) groups is 2. The zero-order chi connectivity index (χ0) is 20.4. The molecule has 1 saturated heterocycles. The minimum absolute atomic E-state index is 0.00347. The Morgan fingerprint density at radius 2 is 1.97 bits per heavy atom. The number of ether oxygens (including phenoxy) is 1. The lowest BCUT2D eigenvalue weighted by Gasteiger charge is -2.37. The van der Waals surface area contributed by atoms with E-state index in [1.807, 2.05) is 18.2 Å². The second kappa shape index (κ2) is 7.74. The van der Waals surface area contributed by atoms with E-state index in [0.717, 1.165) is 5.82 Å². The second-order valence-corrected chi connectivity index (χ2v) is 6.80. The van der Waals surface area contributed by atoms with Gasteiger partial charge in [-0.25, -0.2) is 9.78 Å². The molecule has 0 bridgehead atoms. The molecule has 4 rings (SSSR count). The Labute approximate surface area is 166 Å². The largest absolute Gasteiger partial charge is 0.423 e. The Kier molecular flexibility index (Phi) is 4.98. The molecule has 0 N–H and O–H groups in total. The van der Waals surface area contributed by atoms with Gasteiger partial charge in [0.15, 0.2) is 5.75 Å². The number of carbonyl (C=O) groups excluding carboxylic acids is 2. The van der Waals surface area contributed by atoms with E-state index < -0.39 is 10.9 Å². The average molecular weight is 397 g/mol. The first-order valence-electron chi connectivity index (χ1n) is 9.19. The van der Waals surface area contributed by atoms with Crippen molar-refractivity contribution in [3.05, 3.63) is 52.7 Å². The Balaban J connectivity index is 1.42. The second-order valence-electron chi connectivity index (χ2n) is 6.80. The topological polar surface area (TPSA) is 109 Å². The zero-order valence-corrected chi connectivity index (χ0v) is 15.6. The maximum Gasteiger partial charge on any atom is 0.331 e. The molecule has 0 radical (unpaired) electrons. The number of hydrogen-bond donors (Lipinski definition) is 0. The molecule has 1 amide bonds. The molecule has 0 saturated carbocycles. The molecular formula is C19H19N5O5. The highest BCUT2D eigenvalue weighted by atomic mass is 16.6. The van der Waals surface area contributed by atoms with Crippen molar-refractivity contribution in [2.75, 3.05) is 49.1 Å². The van der Waals surface area contributed by atoms with Crippen LogP contribution in [0.3, 0.4) is 0 Å². The van der Waals surface area contributed by atoms with Gasteiger partial charge in [0.1, 0.15) is 12.4 Å². The number of hydrogen-bond acceptors (Lipinski definition) is 8. The number of nitro benzene ring substituents is 1. The quantitative estimate of drug-likeness (QED) is 0.326. The summed E-state index contributed by atoms with van der Waals surface area (Å²) in [6.45, 7) is 2.39. The summed E-state index contributed by atoms with van der Waals surface area (Å²) in [6, 6.07) is 9.77. The molecule has 1 fully saturated rings. The van der Waals surface area contributed by atoms with Gasteiger partial charge in [-0.2, -0.15) is 0 Å². The van der Waals surface area contributed by atoms with Crippen LogP contribution in [0.2, 0.25) is 0 Å². The number of non-ortho nitro benzene ring substituents is 1. The number of aromatic nitrogens is 1. The van der Waals surface area contributed by atoms with Crippen LogP contribution in [0.4, 0.5) is 17.2 Å². The normalized spacial score (nSPS) is 16.3. The van der Waals surface area contributed by atoms with E-state index in [-0.39, 0.29) is 30.4 Å². The highest BCUT2D eigenvalue weighted by Gasteiger charge is 2.30. The third-order valence-corrected chi connectivity index (χ3v) is 4.97. The van der Waals surface area contributed by atoms with Crippen molar-refractivity contribution in [2.24, 2.45) is 0 Å². The van der Waals surface area contributed by atoms with Crippen molar-refractivity contribution < 1.29 is 19.2 Å². The van der Waals surface area contributed by atoms with Gasteiger partial charge in [-0.15, -0.1) is 0 Å². The minimum atomic E-state index is -0.556. The third-order valence-electron chi connectivity index (χ3n) is 4.97. The maximum atomic E-state index is 12.8. The zero-order valence-electron chi connectivity index (χ0n) is 15.6. The number of nitrogens with zero attached hydrogens (tertiary/aromatic N) is 5. The minimum Gasteiger partial charge on any atom is -0.423 e. The van der Waals surface area contributed by atoms with Crippen molar-refractivity contribution in [3.8, 4) is 5.75 Å². The molecule has 10 heteroatoms. The highest BCUT2D eigenvalue weighted by Crippen LogP contribution is 2.35. The van der Waals surface area contributed by atoms with Gasteiger partial charge < -0.3 is 19.4 Å². The van der Waals surface area contributed by atoms with Crippen LogP contribution in [0, 0.1) is 10.1 Å². The fourth-order valence-corrected chi connectivity index (χ4v) is 3.49. The molecule has 2 aromatic rings. The van der Waals surface area contributed by atoms with Crippen molar-refractivity contribution in [1.82, 2.24) is 9.88 Å². The summed E-state index contributed by atoms with van der Waals surface area (Å²) in [7, 11) is 0. The van der Waals surface area contributed by atoms with E-state index >= 15 is 0 Å². The number of amides is 1. The van der Waals surface area contributed by atoms with Gasteiger partial charge in [0.2, 0.25) is 5.91 Å². The Bertz CT molecular complexity index is 943. The summed E-state index contributed by atoms with van der Waals surface area (Å²) in [6.07, 6.45) is 1.74. The lowest BCUT2D eigenvalue weighted by Crippen LogP contribution is -2.52. The average Bonchev–Trinajstić information content (AvgIpc) is 2.74. The van der Waals surface area contributed by atoms with Crippen molar-refractivity contribution in [1.29, 1.82) is 0 Å². The summed E-state index contributed by atoms with van der Waals surface area (Å²) in [5.74, 6) is 0.326. The van der Waals surface area contributed by atoms with Gasteiger partial charge in [-0.05, 0) is 18.2 Å². The van der Waals surface area contributed by atoms with Crippen molar-refractivity contribution >= 4 is 29.1 Å². The molecule has 2 aliphatic rings. The summed E-state index contributed by atoms with van der Waals surface area (Å²) in [4.78, 5) is 44.9. The van der Waals surface area contributed by atoms with Gasteiger partial charge in [-0.1, -0.05) is 6.07 Å². The molecule has 0 aliphatic carbocycles. The molecule has 0 spiro atoms. The first-order valence-corrected chi connectivity index (χ1v) is 9.19. The highest BCUT2D eigenvalue weighted by molar-refractivity contribution is 5.89. The van der Waals surface area contributed by atoms with E-state index in [1.54, 1.807) is 16.0 Å². The molecule has 0 unspecified atom stereocenters. The molecule has 0 atom stereocenters. The van der Waals surface area contributed by atoms with Gasteiger partial charge in [0, 0.05) is 38.4 Å². The van der Waals surface area contributed by atoms with Crippen LogP contribution in [-0.4, -0.2) is 66.0 Å². The molecule has 29 heavy (non-hydrogen) atoms. The molecule has 2 aliphatic heterocycles. The van der Waals surface area contributed by atoms with Crippen LogP contribution >= 0.6 is 0 Å². The van der Waals surface area contributed by atoms with Gasteiger partial charge in [0.05, 0.1) is 23.2 Å². The molecule has 150 valence electrons. The molecule has 1 aromatic carbocycles. The molecular weight excluding hydrogens is 378 g/mol. The third kappa shape index (κ3) is 3.96. The number of benzene rings is 1. The van der Waals surface area contributed by atoms with E-state index in [4.69, 9.17) is 4.74 Å². The smallest absolute Gasteiger partial charge is 0.331 e.